The lowest BCUT2D eigenvalue weighted by Crippen LogP contribution is -1.99. The molecule has 7 heteroatoms. The highest BCUT2D eigenvalue weighted by molar-refractivity contribution is 6.65. The number of benzene rings is 2. The molecule has 0 atom stereocenters. The summed E-state index contributed by atoms with van der Waals surface area (Å²) in [5.74, 6) is 0.592. The van der Waals surface area contributed by atoms with Crippen molar-refractivity contribution in [3.63, 3.8) is 0 Å². The number of nitrogens with zero attached hydrogens (tertiary/aromatic N) is 4. The molecule has 0 radical (unpaired) electrons. The van der Waals surface area contributed by atoms with Crippen LogP contribution in [0.2, 0.25) is 5.02 Å². The number of halogens is 2. The van der Waals surface area contributed by atoms with E-state index in [2.05, 4.69) is 38.4 Å². The average Bonchev–Trinajstić information content (AvgIpc) is 3.14. The van der Waals surface area contributed by atoms with Gasteiger partial charge >= 0.3 is 0 Å². The third-order valence-electron chi connectivity index (χ3n) is 5.29. The molecule has 2 aromatic heterocycles. The number of amidine groups is 1. The first-order valence-corrected chi connectivity index (χ1v) is 11.1. The van der Waals surface area contributed by atoms with Crippen molar-refractivity contribution in [1.82, 2.24) is 9.55 Å². The number of hydrogen-bond acceptors (Lipinski definition) is 3. The van der Waals surface area contributed by atoms with Crippen molar-refractivity contribution in [3.05, 3.63) is 89.2 Å². The van der Waals surface area contributed by atoms with Crippen LogP contribution in [-0.2, 0) is 13.7 Å². The summed E-state index contributed by atoms with van der Waals surface area (Å²) in [5.41, 5.74) is 5.42. The highest BCUT2D eigenvalue weighted by Gasteiger charge is 2.20. The molecule has 2 aromatic carbocycles. The molecule has 0 aliphatic rings. The molecule has 0 unspecified atom stereocenters. The fourth-order valence-corrected chi connectivity index (χ4v) is 4.12. The van der Waals surface area contributed by atoms with Gasteiger partial charge < -0.3 is 9.30 Å². The number of hydrogen-bond donors (Lipinski definition) is 0. The van der Waals surface area contributed by atoms with Gasteiger partial charge in [-0.25, -0.2) is 9.98 Å². The summed E-state index contributed by atoms with van der Waals surface area (Å²) >= 11 is 12.7. The summed E-state index contributed by atoms with van der Waals surface area (Å²) in [6.45, 7) is 5.72. The van der Waals surface area contributed by atoms with Gasteiger partial charge in [0, 0.05) is 35.3 Å². The number of ether oxygens (including phenoxy) is 1. The molecule has 2 heterocycles. The van der Waals surface area contributed by atoms with Gasteiger partial charge in [0.05, 0.1) is 22.1 Å². The zero-order valence-corrected chi connectivity index (χ0v) is 19.8. The summed E-state index contributed by atoms with van der Waals surface area (Å²) in [4.78, 5) is 12.5. The molecule has 4 rings (SSSR count). The molecule has 0 N–H and O–H groups in total. The van der Waals surface area contributed by atoms with Crippen molar-refractivity contribution in [2.75, 3.05) is 0 Å². The first kappa shape index (κ1) is 22.8. The Morgan fingerprint density at radius 1 is 1.15 bits per heavy atom. The van der Waals surface area contributed by atoms with E-state index in [0.717, 1.165) is 33.4 Å². The molecule has 4 aromatic rings. The van der Waals surface area contributed by atoms with Gasteiger partial charge in [0.2, 0.25) is 5.29 Å². The quantitative estimate of drug-likeness (QED) is 0.169. The maximum atomic E-state index is 6.63. The summed E-state index contributed by atoms with van der Waals surface area (Å²) in [6.07, 6.45) is 3.64. The van der Waals surface area contributed by atoms with Crippen molar-refractivity contribution in [2.24, 2.45) is 17.0 Å². The molecule has 0 amide bonds. The number of fused-ring (bicyclic) bond motifs is 1. The first-order chi connectivity index (χ1) is 16.0. The Labute approximate surface area is 202 Å². The third-order valence-corrected chi connectivity index (χ3v) is 5.79. The second kappa shape index (κ2) is 10.0. The summed E-state index contributed by atoms with van der Waals surface area (Å²) < 4.78 is 8.02. The van der Waals surface area contributed by atoms with Crippen LogP contribution in [0.1, 0.15) is 18.2 Å². The molecule has 0 aliphatic heterocycles. The van der Waals surface area contributed by atoms with Crippen molar-refractivity contribution in [1.29, 1.82) is 0 Å². The number of allylic oxidation sites excluding steroid dienone is 1. The Bertz CT molecular complexity index is 1370. The van der Waals surface area contributed by atoms with Gasteiger partial charge in [0.15, 0.2) is 0 Å². The maximum absolute atomic E-state index is 6.63. The number of aliphatic imine (C=N–C) groups is 2. The predicted molar refractivity (Wildman–Crippen MR) is 138 cm³/mol. The third kappa shape index (κ3) is 4.70. The van der Waals surface area contributed by atoms with Gasteiger partial charge in [-0.3, -0.25) is 4.98 Å². The van der Waals surface area contributed by atoms with Gasteiger partial charge in [0.1, 0.15) is 12.4 Å². The van der Waals surface area contributed by atoms with Crippen LogP contribution in [0.15, 0.2) is 82.9 Å². The molecule has 0 fully saturated rings. The van der Waals surface area contributed by atoms with Crippen LogP contribution in [0.25, 0.3) is 27.9 Å². The fraction of sp³-hybridized carbons (Fsp3) is 0.115. The van der Waals surface area contributed by atoms with E-state index in [1.54, 1.807) is 6.20 Å². The van der Waals surface area contributed by atoms with Gasteiger partial charge in [-0.2, -0.15) is 0 Å². The van der Waals surface area contributed by atoms with Crippen LogP contribution in [0.5, 0.6) is 5.75 Å². The number of aromatic nitrogens is 2. The lowest BCUT2D eigenvalue weighted by Gasteiger charge is -2.12. The molecule has 0 saturated carbocycles. The minimum atomic E-state index is 0.0817. The molecule has 0 spiro atoms. The number of aryl methyl sites for hydroxylation is 1. The summed E-state index contributed by atoms with van der Waals surface area (Å²) in [6, 6.07) is 19.6. The number of rotatable bonds is 6. The van der Waals surface area contributed by atoms with Crippen molar-refractivity contribution in [3.8, 4) is 17.0 Å². The maximum Gasteiger partial charge on any atom is 0.222 e. The Morgan fingerprint density at radius 3 is 2.64 bits per heavy atom. The van der Waals surface area contributed by atoms with Gasteiger partial charge in [-0.05, 0) is 61.6 Å². The Balaban J connectivity index is 1.80. The van der Waals surface area contributed by atoms with E-state index < -0.39 is 0 Å². The van der Waals surface area contributed by atoms with Crippen molar-refractivity contribution < 1.29 is 4.74 Å². The van der Waals surface area contributed by atoms with E-state index >= 15 is 0 Å². The lowest BCUT2D eigenvalue weighted by atomic mass is 10.0. The van der Waals surface area contributed by atoms with Gasteiger partial charge in [-0.1, -0.05) is 41.9 Å². The number of para-hydroxylation sites is 1. The van der Waals surface area contributed by atoms with Crippen LogP contribution >= 0.6 is 23.2 Å². The minimum Gasteiger partial charge on any atom is -0.486 e. The topological polar surface area (TPSA) is 51.8 Å². The zero-order valence-electron chi connectivity index (χ0n) is 18.3. The second-order valence-corrected chi connectivity index (χ2v) is 8.01. The molecule has 5 nitrogen and oxygen atoms in total. The fourth-order valence-electron chi connectivity index (χ4n) is 3.79. The largest absolute Gasteiger partial charge is 0.486 e. The Kier molecular flexibility index (Phi) is 6.92. The van der Waals surface area contributed by atoms with E-state index in [9.17, 15) is 0 Å². The SMILES string of the molecule is C=NC(Cl)=N/C(=C\C)c1c(-c2ccc(OCc3ccccn3)c(Cl)c2)n(C)c2ccccc12. The zero-order chi connectivity index (χ0) is 23.4. The number of pyridine rings is 1. The molecule has 166 valence electrons. The van der Waals surface area contributed by atoms with Gasteiger partial charge in [-0.15, -0.1) is 0 Å². The van der Waals surface area contributed by atoms with E-state index in [1.165, 1.54) is 0 Å². The standard InChI is InChI=1S/C26H22Cl2N4O/c1-4-21(31-26(28)29-2)24-19-10-5-6-11-22(19)32(3)25(24)17-12-13-23(20(27)15-17)33-16-18-9-7-8-14-30-18/h4-15H,2,16H2,1,3H3/b21-4-,31-26?. The second-order valence-electron chi connectivity index (χ2n) is 7.27. The van der Waals surface area contributed by atoms with Crippen LogP contribution in [-0.4, -0.2) is 21.6 Å². The van der Waals surface area contributed by atoms with Crippen LogP contribution in [0, 0.1) is 0 Å². The molecular weight excluding hydrogens is 455 g/mol. The smallest absolute Gasteiger partial charge is 0.222 e. The van der Waals surface area contributed by atoms with E-state index in [1.807, 2.05) is 68.6 Å². The van der Waals surface area contributed by atoms with E-state index in [-0.39, 0.29) is 5.29 Å². The molecule has 0 saturated heterocycles. The predicted octanol–water partition coefficient (Wildman–Crippen LogP) is 7.13. The van der Waals surface area contributed by atoms with Crippen LogP contribution in [0.3, 0.4) is 0 Å². The summed E-state index contributed by atoms with van der Waals surface area (Å²) in [5, 5.41) is 1.64. The van der Waals surface area contributed by atoms with Crippen LogP contribution in [0.4, 0.5) is 0 Å². The molecular formula is C26H22Cl2N4O. The summed E-state index contributed by atoms with van der Waals surface area (Å²) in [7, 11) is 2.02. The Morgan fingerprint density at radius 2 is 1.94 bits per heavy atom. The van der Waals surface area contributed by atoms with Gasteiger partial charge in [0.25, 0.3) is 0 Å². The highest BCUT2D eigenvalue weighted by atomic mass is 35.5. The normalized spacial score (nSPS) is 12.2. The van der Waals surface area contributed by atoms with Crippen molar-refractivity contribution in [2.45, 2.75) is 13.5 Å². The van der Waals surface area contributed by atoms with E-state index in [4.69, 9.17) is 27.9 Å². The highest BCUT2D eigenvalue weighted by Crippen LogP contribution is 2.40. The lowest BCUT2D eigenvalue weighted by molar-refractivity contribution is 0.301. The monoisotopic (exact) mass is 476 g/mol. The molecule has 0 aliphatic carbocycles. The van der Waals surface area contributed by atoms with E-state index in [0.29, 0.717) is 23.1 Å². The Hall–Kier alpha value is -3.41. The average molecular weight is 477 g/mol. The first-order valence-electron chi connectivity index (χ1n) is 10.3. The van der Waals surface area contributed by atoms with Crippen LogP contribution < -0.4 is 4.74 Å². The minimum absolute atomic E-state index is 0.0817. The van der Waals surface area contributed by atoms with Crippen molar-refractivity contribution >= 4 is 51.8 Å². The molecule has 33 heavy (non-hydrogen) atoms. The molecule has 0 bridgehead atoms.